The summed E-state index contributed by atoms with van der Waals surface area (Å²) in [5.41, 5.74) is 5.40. The van der Waals surface area contributed by atoms with Crippen LogP contribution in [0.1, 0.15) is 25.7 Å². The summed E-state index contributed by atoms with van der Waals surface area (Å²) in [6.45, 7) is 1.95. The van der Waals surface area contributed by atoms with E-state index in [1.165, 1.54) is 4.31 Å². The predicted octanol–water partition coefficient (Wildman–Crippen LogP) is -0.256. The highest BCUT2D eigenvalue weighted by molar-refractivity contribution is 7.86. The summed E-state index contributed by atoms with van der Waals surface area (Å²) in [6.07, 6.45) is 3.39. The van der Waals surface area contributed by atoms with Crippen molar-refractivity contribution in [2.24, 2.45) is 5.73 Å². The molecular weight excluding hydrogens is 268 g/mol. The first kappa shape index (κ1) is 14.7. The maximum Gasteiger partial charge on any atom is 0.282 e. The Balaban J connectivity index is 2.07. The second-order valence-electron chi connectivity index (χ2n) is 4.99. The van der Waals surface area contributed by atoms with E-state index in [9.17, 15) is 8.42 Å². The first-order valence-electron chi connectivity index (χ1n) is 6.72. The van der Waals surface area contributed by atoms with E-state index < -0.39 is 16.3 Å². The smallest absolute Gasteiger partial charge is 0.282 e. The van der Waals surface area contributed by atoms with E-state index in [1.54, 1.807) is 4.31 Å². The number of hydrogen-bond acceptors (Lipinski definition) is 4. The van der Waals surface area contributed by atoms with Gasteiger partial charge in [-0.25, -0.2) is 0 Å². The highest BCUT2D eigenvalue weighted by atomic mass is 32.2. The van der Waals surface area contributed by atoms with Gasteiger partial charge in [0.2, 0.25) is 0 Å². The molecule has 8 heteroatoms. The van der Waals surface area contributed by atoms with Crippen LogP contribution in [0.4, 0.5) is 0 Å². The van der Waals surface area contributed by atoms with Gasteiger partial charge < -0.3 is 10.5 Å². The van der Waals surface area contributed by atoms with Crippen LogP contribution in [0.15, 0.2) is 0 Å². The Labute approximate surface area is 114 Å². The van der Waals surface area contributed by atoms with Crippen molar-refractivity contribution < 1.29 is 13.2 Å². The van der Waals surface area contributed by atoms with Crippen LogP contribution in [0.3, 0.4) is 0 Å². The van der Waals surface area contributed by atoms with Crippen LogP contribution in [0.25, 0.3) is 0 Å². The minimum absolute atomic E-state index is 0.115. The van der Waals surface area contributed by atoms with Crippen molar-refractivity contribution in [3.63, 3.8) is 0 Å². The molecule has 0 aliphatic carbocycles. The maximum absolute atomic E-state index is 12.5. The van der Waals surface area contributed by atoms with Gasteiger partial charge in [0.15, 0.2) is 0 Å². The Morgan fingerprint density at radius 1 is 1.11 bits per heavy atom. The second kappa shape index (κ2) is 6.17. The SMILES string of the molecule is N=C(N)C1CN(S(=O)(=O)N2CCCCCC2)CCO1. The van der Waals surface area contributed by atoms with Gasteiger partial charge in [-0.15, -0.1) is 0 Å². The molecule has 2 rings (SSSR count). The van der Waals surface area contributed by atoms with Crippen LogP contribution in [0.5, 0.6) is 0 Å². The van der Waals surface area contributed by atoms with Gasteiger partial charge in [-0.1, -0.05) is 12.8 Å². The lowest BCUT2D eigenvalue weighted by Crippen LogP contribution is -2.54. The van der Waals surface area contributed by atoms with Gasteiger partial charge in [-0.3, -0.25) is 5.41 Å². The fourth-order valence-electron chi connectivity index (χ4n) is 2.46. The Morgan fingerprint density at radius 3 is 2.32 bits per heavy atom. The van der Waals surface area contributed by atoms with Crippen molar-refractivity contribution in [3.8, 4) is 0 Å². The molecule has 2 aliphatic heterocycles. The molecule has 0 aromatic rings. The molecule has 1 atom stereocenters. The molecule has 2 aliphatic rings. The number of rotatable bonds is 3. The third-order valence-corrected chi connectivity index (χ3v) is 5.60. The molecule has 2 saturated heterocycles. The van der Waals surface area contributed by atoms with Crippen molar-refractivity contribution in [3.05, 3.63) is 0 Å². The van der Waals surface area contributed by atoms with Crippen molar-refractivity contribution in [2.45, 2.75) is 31.8 Å². The van der Waals surface area contributed by atoms with Gasteiger partial charge in [-0.2, -0.15) is 17.0 Å². The van der Waals surface area contributed by atoms with E-state index in [2.05, 4.69) is 0 Å². The molecule has 0 radical (unpaired) electrons. The van der Waals surface area contributed by atoms with Gasteiger partial charge in [0.25, 0.3) is 10.2 Å². The minimum atomic E-state index is -3.44. The van der Waals surface area contributed by atoms with Crippen LogP contribution in [0.2, 0.25) is 0 Å². The molecule has 2 heterocycles. The molecular formula is C11H22N4O3S. The number of hydrogen-bond donors (Lipinski definition) is 2. The van der Waals surface area contributed by atoms with Gasteiger partial charge in [0, 0.05) is 26.2 Å². The Hall–Kier alpha value is -0.700. The van der Waals surface area contributed by atoms with E-state index in [4.69, 9.17) is 15.9 Å². The van der Waals surface area contributed by atoms with Crippen LogP contribution in [-0.4, -0.2) is 61.8 Å². The van der Waals surface area contributed by atoms with Gasteiger partial charge in [0.05, 0.1) is 6.61 Å². The summed E-state index contributed by atoms with van der Waals surface area (Å²) in [7, 11) is -3.44. The summed E-state index contributed by atoms with van der Waals surface area (Å²) in [5.74, 6) is -0.115. The fraction of sp³-hybridized carbons (Fsp3) is 0.909. The van der Waals surface area contributed by atoms with Gasteiger partial charge in [-0.05, 0) is 12.8 Å². The lowest BCUT2D eigenvalue weighted by Gasteiger charge is -2.34. The minimum Gasteiger partial charge on any atom is -0.385 e. The normalized spacial score (nSPS) is 27.9. The molecule has 0 saturated carbocycles. The van der Waals surface area contributed by atoms with Crippen LogP contribution in [0, 0.1) is 5.41 Å². The highest BCUT2D eigenvalue weighted by Crippen LogP contribution is 2.18. The Bertz CT molecular complexity index is 418. The van der Waals surface area contributed by atoms with Crippen molar-refractivity contribution in [1.29, 1.82) is 5.41 Å². The zero-order valence-corrected chi connectivity index (χ0v) is 11.9. The summed E-state index contributed by atoms with van der Waals surface area (Å²) in [6, 6.07) is 0. The average molecular weight is 290 g/mol. The average Bonchev–Trinajstić information content (AvgIpc) is 2.68. The Morgan fingerprint density at radius 2 is 1.74 bits per heavy atom. The topological polar surface area (TPSA) is 99.7 Å². The van der Waals surface area contributed by atoms with E-state index in [0.717, 1.165) is 25.7 Å². The highest BCUT2D eigenvalue weighted by Gasteiger charge is 2.35. The van der Waals surface area contributed by atoms with E-state index >= 15 is 0 Å². The van der Waals surface area contributed by atoms with Crippen molar-refractivity contribution >= 4 is 16.0 Å². The quantitative estimate of drug-likeness (QED) is 0.552. The van der Waals surface area contributed by atoms with E-state index in [0.29, 0.717) is 19.6 Å². The standard InChI is InChI=1S/C11H22N4O3S/c12-11(13)10-9-15(7-8-18-10)19(16,17)14-5-3-1-2-4-6-14/h10H,1-9H2,(H3,12,13). The van der Waals surface area contributed by atoms with Crippen molar-refractivity contribution in [1.82, 2.24) is 8.61 Å². The first-order chi connectivity index (χ1) is 9.01. The zero-order valence-electron chi connectivity index (χ0n) is 11.0. The molecule has 3 N–H and O–H groups in total. The Kier molecular flexibility index (Phi) is 4.77. The zero-order chi connectivity index (χ0) is 13.9. The summed E-state index contributed by atoms with van der Waals surface area (Å²) >= 11 is 0. The molecule has 1 unspecified atom stereocenters. The van der Waals surface area contributed by atoms with Crippen molar-refractivity contribution in [2.75, 3.05) is 32.8 Å². The molecule has 0 aromatic heterocycles. The number of nitrogens with two attached hydrogens (primary N) is 1. The number of morpholine rings is 1. The van der Waals surface area contributed by atoms with Crippen LogP contribution in [-0.2, 0) is 14.9 Å². The number of ether oxygens (including phenoxy) is 1. The molecule has 2 fully saturated rings. The third kappa shape index (κ3) is 3.44. The maximum atomic E-state index is 12.5. The van der Waals surface area contributed by atoms with Crippen LogP contribution >= 0.6 is 0 Å². The lowest BCUT2D eigenvalue weighted by atomic mass is 10.2. The second-order valence-corrected chi connectivity index (χ2v) is 6.92. The van der Waals surface area contributed by atoms with Gasteiger partial charge in [0.1, 0.15) is 11.9 Å². The molecule has 0 aromatic carbocycles. The van der Waals surface area contributed by atoms with E-state index in [1.807, 2.05) is 0 Å². The molecule has 0 bridgehead atoms. The summed E-state index contributed by atoms with van der Waals surface area (Å²) in [5, 5.41) is 7.38. The largest absolute Gasteiger partial charge is 0.385 e. The van der Waals surface area contributed by atoms with E-state index in [-0.39, 0.29) is 19.0 Å². The molecule has 0 spiro atoms. The molecule has 110 valence electrons. The summed E-state index contributed by atoms with van der Waals surface area (Å²) in [4.78, 5) is 0. The lowest BCUT2D eigenvalue weighted by molar-refractivity contribution is 0.0346. The number of nitrogens with one attached hydrogen (secondary N) is 1. The molecule has 19 heavy (non-hydrogen) atoms. The number of amidine groups is 1. The van der Waals surface area contributed by atoms with Crippen LogP contribution < -0.4 is 5.73 Å². The predicted molar refractivity (Wildman–Crippen MR) is 72.2 cm³/mol. The first-order valence-corrected chi connectivity index (χ1v) is 8.12. The molecule has 0 amide bonds. The number of nitrogens with zero attached hydrogens (tertiary/aromatic N) is 2. The molecule has 7 nitrogen and oxygen atoms in total. The van der Waals surface area contributed by atoms with Gasteiger partial charge >= 0.3 is 0 Å². The summed E-state index contributed by atoms with van der Waals surface area (Å²) < 4.78 is 33.4. The fourth-order valence-corrected chi connectivity index (χ4v) is 4.13. The third-order valence-electron chi connectivity index (χ3n) is 3.59. The monoisotopic (exact) mass is 290 g/mol.